The van der Waals surface area contributed by atoms with Crippen LogP contribution in [-0.2, 0) is 42.9 Å². The van der Waals surface area contributed by atoms with E-state index in [1.807, 2.05) is 6.92 Å². The molecule has 0 heterocycles. The van der Waals surface area contributed by atoms with Crippen LogP contribution >= 0.6 is 0 Å². The van der Waals surface area contributed by atoms with Gasteiger partial charge in [-0.15, -0.1) is 0 Å². The first-order chi connectivity index (χ1) is 17.1. The van der Waals surface area contributed by atoms with Gasteiger partial charge in [0.25, 0.3) is 0 Å². The van der Waals surface area contributed by atoms with Crippen molar-refractivity contribution in [2.45, 2.75) is 98.6 Å². The van der Waals surface area contributed by atoms with Crippen molar-refractivity contribution in [3.05, 3.63) is 12.2 Å². The Bertz CT molecular complexity index is 1060. The molecule has 0 radical (unpaired) electrons. The quantitative estimate of drug-likeness (QED) is 0.313. The molecule has 0 N–H and O–H groups in total. The van der Waals surface area contributed by atoms with Crippen molar-refractivity contribution in [2.24, 2.45) is 34.0 Å². The maximum atomic E-state index is 14.3. The maximum Gasteiger partial charge on any atom is 0.302 e. The van der Waals surface area contributed by atoms with Gasteiger partial charge in [-0.3, -0.25) is 24.0 Å². The van der Waals surface area contributed by atoms with Crippen LogP contribution in [0.5, 0.6) is 0 Å². The highest BCUT2D eigenvalue weighted by molar-refractivity contribution is 6.05. The number of rotatable bonds is 4. The van der Waals surface area contributed by atoms with Gasteiger partial charge >= 0.3 is 23.9 Å². The Morgan fingerprint density at radius 3 is 1.89 bits per heavy atom. The highest BCUT2D eigenvalue weighted by Crippen LogP contribution is 2.72. The van der Waals surface area contributed by atoms with Gasteiger partial charge in [0, 0.05) is 44.9 Å². The normalized spacial score (nSPS) is 41.6. The molecule has 0 unspecified atom stereocenters. The number of esters is 4. The van der Waals surface area contributed by atoms with Gasteiger partial charge in [-0.1, -0.05) is 27.4 Å². The lowest BCUT2D eigenvalue weighted by atomic mass is 9.38. The summed E-state index contributed by atoms with van der Waals surface area (Å²) in [6.45, 7) is 15.5. The minimum absolute atomic E-state index is 0.174. The molecule has 4 aliphatic carbocycles. The number of ketones is 1. The molecule has 0 aromatic heterocycles. The van der Waals surface area contributed by atoms with Crippen molar-refractivity contribution in [3.8, 4) is 0 Å². The number of Topliss-reactive ketones (excluding diaryl/α,β-unsaturated/α-hetero) is 1. The monoisotopic (exact) mass is 518 g/mol. The number of carbonyl (C=O) groups is 5. The van der Waals surface area contributed by atoms with E-state index in [0.717, 1.165) is 6.42 Å². The molecular weight excluding hydrogens is 480 g/mol. The first-order valence-corrected chi connectivity index (χ1v) is 13.0. The number of ether oxygens (including phenoxy) is 4. The zero-order chi connectivity index (χ0) is 27.7. The van der Waals surface area contributed by atoms with Gasteiger partial charge < -0.3 is 18.9 Å². The molecule has 0 saturated heterocycles. The molecule has 9 heteroatoms. The zero-order valence-electron chi connectivity index (χ0n) is 22.8. The second-order valence-corrected chi connectivity index (χ2v) is 12.2. The summed E-state index contributed by atoms with van der Waals surface area (Å²) in [7, 11) is 0. The third kappa shape index (κ3) is 3.91. The van der Waals surface area contributed by atoms with Crippen LogP contribution in [0.2, 0.25) is 0 Å². The molecule has 0 aliphatic heterocycles. The lowest BCUT2D eigenvalue weighted by Gasteiger charge is -2.67. The smallest absolute Gasteiger partial charge is 0.302 e. The second kappa shape index (κ2) is 8.95. The number of hydrogen-bond acceptors (Lipinski definition) is 9. The molecule has 9 nitrogen and oxygen atoms in total. The summed E-state index contributed by atoms with van der Waals surface area (Å²) in [5.41, 5.74) is -2.41. The minimum Gasteiger partial charge on any atom is -0.462 e. The number of fused-ring (bicyclic) bond motifs is 3. The maximum absolute atomic E-state index is 14.3. The van der Waals surface area contributed by atoms with Crippen LogP contribution in [0.4, 0.5) is 0 Å². The molecule has 4 aliphatic rings. The Hall–Kier alpha value is -2.71. The lowest BCUT2D eigenvalue weighted by Crippen LogP contribution is -2.74. The summed E-state index contributed by atoms with van der Waals surface area (Å²) >= 11 is 0. The van der Waals surface area contributed by atoms with E-state index in [2.05, 4.69) is 20.4 Å². The van der Waals surface area contributed by atoms with E-state index in [0.29, 0.717) is 12.8 Å². The predicted molar refractivity (Wildman–Crippen MR) is 130 cm³/mol. The molecule has 1 spiro atoms. The van der Waals surface area contributed by atoms with Crippen LogP contribution in [0.25, 0.3) is 0 Å². The largest absolute Gasteiger partial charge is 0.462 e. The van der Waals surface area contributed by atoms with E-state index in [4.69, 9.17) is 18.9 Å². The summed E-state index contributed by atoms with van der Waals surface area (Å²) in [6, 6.07) is 0. The topological polar surface area (TPSA) is 122 Å². The fraction of sp³-hybridized carbons (Fsp3) is 0.750. The van der Waals surface area contributed by atoms with Gasteiger partial charge in [0.05, 0.1) is 0 Å². The molecule has 0 amide bonds. The Labute approximate surface area is 217 Å². The van der Waals surface area contributed by atoms with E-state index in [1.54, 1.807) is 0 Å². The van der Waals surface area contributed by atoms with Crippen molar-refractivity contribution in [1.82, 2.24) is 0 Å². The van der Waals surface area contributed by atoms with Crippen molar-refractivity contribution in [3.63, 3.8) is 0 Å². The summed E-state index contributed by atoms with van der Waals surface area (Å²) < 4.78 is 23.7. The molecule has 0 aromatic rings. The van der Waals surface area contributed by atoms with Crippen molar-refractivity contribution >= 4 is 29.7 Å². The van der Waals surface area contributed by atoms with Gasteiger partial charge in [0.1, 0.15) is 29.8 Å². The standard InChI is InChI=1S/C28H38O9/c1-13-18-11-19(34-14(2)29)23-27(8)20(26(6,7)10-9-21(27)35-15(3)30)12-22(36-16(4)31)28(23,24(13)33)25(18)37-17(5)32/h18-23,25H,1,9-12H2,2-8H3/t18-,19+,20+,21+,22+,23-,25-,27-,28+/m0/s1. The molecule has 4 fully saturated rings. The molecule has 4 saturated carbocycles. The summed E-state index contributed by atoms with van der Waals surface area (Å²) in [5.74, 6) is -3.98. The number of carbonyl (C=O) groups excluding carboxylic acids is 5. The molecule has 4 rings (SSSR count). The highest BCUT2D eigenvalue weighted by atomic mass is 16.6. The second-order valence-electron chi connectivity index (χ2n) is 12.2. The van der Waals surface area contributed by atoms with Crippen LogP contribution < -0.4 is 0 Å². The molecule has 2 bridgehead atoms. The Balaban J connectivity index is 2.05. The molecular formula is C28H38O9. The molecule has 0 aromatic carbocycles. The van der Waals surface area contributed by atoms with Gasteiger partial charge in [0.15, 0.2) is 5.78 Å². The fourth-order valence-corrected chi connectivity index (χ4v) is 8.69. The molecule has 204 valence electrons. The van der Waals surface area contributed by atoms with Crippen molar-refractivity contribution < 1.29 is 42.9 Å². The third-order valence-corrected chi connectivity index (χ3v) is 9.66. The van der Waals surface area contributed by atoms with Gasteiger partial charge in [-0.05, 0) is 42.6 Å². The van der Waals surface area contributed by atoms with E-state index in [1.165, 1.54) is 27.7 Å². The first kappa shape index (κ1) is 27.3. The van der Waals surface area contributed by atoms with E-state index < -0.39 is 71.0 Å². The molecule has 37 heavy (non-hydrogen) atoms. The van der Waals surface area contributed by atoms with Crippen LogP contribution in [0.3, 0.4) is 0 Å². The zero-order valence-corrected chi connectivity index (χ0v) is 22.8. The summed E-state index contributed by atoms with van der Waals surface area (Å²) in [4.78, 5) is 63.8. The Morgan fingerprint density at radius 1 is 0.811 bits per heavy atom. The highest BCUT2D eigenvalue weighted by Gasteiger charge is 2.80. The van der Waals surface area contributed by atoms with Gasteiger partial charge in [0.2, 0.25) is 0 Å². The average Bonchev–Trinajstić information content (AvgIpc) is 2.87. The number of hydrogen-bond donors (Lipinski definition) is 0. The van der Waals surface area contributed by atoms with E-state index >= 15 is 0 Å². The van der Waals surface area contributed by atoms with Crippen LogP contribution in [0.1, 0.15) is 74.1 Å². The van der Waals surface area contributed by atoms with Crippen LogP contribution in [-0.4, -0.2) is 54.1 Å². The fourth-order valence-electron chi connectivity index (χ4n) is 8.69. The minimum atomic E-state index is -1.53. The van der Waals surface area contributed by atoms with Crippen molar-refractivity contribution in [1.29, 1.82) is 0 Å². The van der Waals surface area contributed by atoms with Gasteiger partial charge in [-0.2, -0.15) is 0 Å². The SMILES string of the molecule is C=C1C(=O)[C@@]23[C@H](OC(C)=O)C[C@@H]4C(C)(C)CC[C@@H](OC(C)=O)[C@@]4(C)[C@@H]2[C@H](OC(C)=O)C[C@@H]1[C@@H]3OC(C)=O. The summed E-state index contributed by atoms with van der Waals surface area (Å²) in [6.07, 6.45) is -1.44. The predicted octanol–water partition coefficient (Wildman–Crippen LogP) is 3.32. The van der Waals surface area contributed by atoms with Crippen LogP contribution in [0.15, 0.2) is 12.2 Å². The summed E-state index contributed by atoms with van der Waals surface area (Å²) in [5, 5.41) is 0. The average molecular weight is 519 g/mol. The van der Waals surface area contributed by atoms with Crippen LogP contribution in [0, 0.1) is 34.0 Å². The lowest BCUT2D eigenvalue weighted by molar-refractivity contribution is -0.283. The first-order valence-electron chi connectivity index (χ1n) is 13.0. The van der Waals surface area contributed by atoms with Crippen molar-refractivity contribution in [2.75, 3.05) is 0 Å². The van der Waals surface area contributed by atoms with Gasteiger partial charge in [-0.25, -0.2) is 0 Å². The van der Waals surface area contributed by atoms with E-state index in [9.17, 15) is 24.0 Å². The molecule has 9 atom stereocenters. The Kier molecular flexibility index (Phi) is 6.61. The Morgan fingerprint density at radius 2 is 1.35 bits per heavy atom. The third-order valence-electron chi connectivity index (χ3n) is 9.66. The van der Waals surface area contributed by atoms with E-state index in [-0.39, 0.29) is 29.1 Å².